The average molecular weight is 210 g/mol. The van der Waals surface area contributed by atoms with E-state index in [9.17, 15) is 4.89 Å². The van der Waals surface area contributed by atoms with Crippen LogP contribution in [0.2, 0.25) is 0 Å². The van der Waals surface area contributed by atoms with Gasteiger partial charge in [-0.2, -0.15) is 0 Å². The first kappa shape index (κ1) is 14.4. The van der Waals surface area contributed by atoms with E-state index < -0.39 is 5.69 Å². The Kier molecular flexibility index (Phi) is 10.9. The monoisotopic (exact) mass is 210 g/mol. The zero-order chi connectivity index (χ0) is 7.33. The predicted octanol–water partition coefficient (Wildman–Crippen LogP) is -0.891. The molecule has 0 aromatic rings. The Morgan fingerprint density at radius 2 is 2.20 bits per heavy atom. The van der Waals surface area contributed by atoms with Gasteiger partial charge < -0.3 is 10.8 Å². The van der Waals surface area contributed by atoms with Crippen molar-refractivity contribution in [3.05, 3.63) is 0 Å². The van der Waals surface area contributed by atoms with Crippen LogP contribution >= 0.6 is 17.1 Å². The summed E-state index contributed by atoms with van der Waals surface area (Å²) in [7, 11) is 0. The fourth-order valence-corrected chi connectivity index (χ4v) is 3.87. The van der Waals surface area contributed by atoms with Crippen molar-refractivity contribution in [3.63, 3.8) is 0 Å². The molecule has 0 spiro atoms. The molecule has 0 saturated heterocycles. The van der Waals surface area contributed by atoms with Crippen LogP contribution in [0.25, 0.3) is 0 Å². The van der Waals surface area contributed by atoms with Gasteiger partial charge in [-0.15, -0.1) is 0 Å². The van der Waals surface area contributed by atoms with Crippen LogP contribution in [0, 0.1) is 0 Å². The minimum atomic E-state index is -2.44. The molecule has 0 heterocycles. The molecular formula is C4H12NaO2PS2. The molecule has 0 radical (unpaired) electrons. The summed E-state index contributed by atoms with van der Waals surface area (Å²) in [5.41, 5.74) is -2.44. The zero-order valence-corrected chi connectivity index (χ0v) is 11.1. The largest absolute Gasteiger partial charge is 1.00 e. The van der Waals surface area contributed by atoms with Gasteiger partial charge in [0, 0.05) is 0 Å². The van der Waals surface area contributed by atoms with Crippen molar-refractivity contribution < 1.29 is 40.4 Å². The number of hydrogen-bond acceptors (Lipinski definition) is 3. The number of rotatable bonds is 4. The number of hydrogen-bond donors (Lipinski definition) is 1. The molecule has 0 aliphatic heterocycles. The van der Waals surface area contributed by atoms with Crippen molar-refractivity contribution >= 4 is 28.9 Å². The summed E-state index contributed by atoms with van der Waals surface area (Å²) in [5, 5.41) is 0. The Hall–Kier alpha value is 1.92. The molecule has 0 fully saturated rings. The summed E-state index contributed by atoms with van der Waals surface area (Å²) in [6, 6.07) is 0. The third-order valence-electron chi connectivity index (χ3n) is 0.584. The van der Waals surface area contributed by atoms with E-state index in [4.69, 9.17) is 16.3 Å². The van der Waals surface area contributed by atoms with Gasteiger partial charge in [0.25, 0.3) is 0 Å². The van der Waals surface area contributed by atoms with Gasteiger partial charge in [0.05, 0.1) is 6.61 Å². The van der Waals surface area contributed by atoms with E-state index >= 15 is 0 Å². The fourth-order valence-electron chi connectivity index (χ4n) is 0.364. The molecular weight excluding hydrogens is 198 g/mol. The molecule has 10 heavy (non-hydrogen) atoms. The Balaban J connectivity index is -0.000000320. The third kappa shape index (κ3) is 8.02. The third-order valence-corrected chi connectivity index (χ3v) is 5.09. The second-order valence-corrected chi connectivity index (χ2v) is 7.77. The molecule has 0 aliphatic rings. The quantitative estimate of drug-likeness (QED) is 0.481. The molecule has 0 amide bonds. The van der Waals surface area contributed by atoms with E-state index in [2.05, 4.69) is 0 Å². The normalized spacial score (nSPS) is 15.5. The van der Waals surface area contributed by atoms with E-state index in [0.717, 1.165) is 5.75 Å². The standard InChI is InChI=1S/C4H11O2PS2.Na.H/c1-3-6-7(5,8)9-4-2;;/h3-4H2,1-2H3,(H,5,8);;/q;+1;-1. The SMILES string of the molecule is CCOP(O)(=S)SCC.[H-].[Na+]. The second-order valence-electron chi connectivity index (χ2n) is 1.30. The van der Waals surface area contributed by atoms with Crippen LogP contribution in [0.3, 0.4) is 0 Å². The van der Waals surface area contributed by atoms with E-state index in [-0.39, 0.29) is 31.0 Å². The summed E-state index contributed by atoms with van der Waals surface area (Å²) in [4.78, 5) is 9.18. The van der Waals surface area contributed by atoms with Gasteiger partial charge in [-0.05, 0) is 24.5 Å². The van der Waals surface area contributed by atoms with Crippen LogP contribution < -0.4 is 29.6 Å². The molecule has 58 valence electrons. The molecule has 2 nitrogen and oxygen atoms in total. The molecule has 1 atom stereocenters. The maximum absolute atomic E-state index is 9.18. The van der Waals surface area contributed by atoms with Gasteiger partial charge >= 0.3 is 29.6 Å². The molecule has 0 rings (SSSR count). The van der Waals surface area contributed by atoms with E-state index in [1.165, 1.54) is 11.4 Å². The fraction of sp³-hybridized carbons (Fsp3) is 1.00. The maximum Gasteiger partial charge on any atom is 1.00 e. The first-order valence-electron chi connectivity index (χ1n) is 2.74. The van der Waals surface area contributed by atoms with Gasteiger partial charge in [0.15, 0.2) is 0 Å². The van der Waals surface area contributed by atoms with Crippen LogP contribution in [0.4, 0.5) is 0 Å². The molecule has 0 aromatic heterocycles. The Labute approximate surface area is 94.8 Å². The minimum absolute atomic E-state index is 0. The first-order chi connectivity index (χ1) is 4.12. The summed E-state index contributed by atoms with van der Waals surface area (Å²) in [6.07, 6.45) is 0. The molecule has 6 heteroatoms. The predicted molar refractivity (Wildman–Crippen MR) is 47.4 cm³/mol. The Morgan fingerprint density at radius 1 is 1.70 bits per heavy atom. The van der Waals surface area contributed by atoms with Crippen molar-refractivity contribution in [2.24, 2.45) is 0 Å². The summed E-state index contributed by atoms with van der Waals surface area (Å²) in [6.45, 7) is 4.27. The van der Waals surface area contributed by atoms with Crippen molar-refractivity contribution in [3.8, 4) is 0 Å². The Bertz CT molecular complexity index is 117. The van der Waals surface area contributed by atoms with Crippen molar-refractivity contribution in [2.45, 2.75) is 13.8 Å². The van der Waals surface area contributed by atoms with Crippen LogP contribution in [-0.2, 0) is 16.3 Å². The van der Waals surface area contributed by atoms with Crippen LogP contribution in [0.5, 0.6) is 0 Å². The minimum Gasteiger partial charge on any atom is -1.00 e. The van der Waals surface area contributed by atoms with Crippen LogP contribution in [0.15, 0.2) is 0 Å². The molecule has 1 N–H and O–H groups in total. The van der Waals surface area contributed by atoms with Crippen molar-refractivity contribution in [1.82, 2.24) is 0 Å². The van der Waals surface area contributed by atoms with Crippen LogP contribution in [-0.4, -0.2) is 17.3 Å². The van der Waals surface area contributed by atoms with Crippen LogP contribution in [0.1, 0.15) is 15.3 Å². The van der Waals surface area contributed by atoms with E-state index in [1.807, 2.05) is 13.8 Å². The van der Waals surface area contributed by atoms with Crippen molar-refractivity contribution in [1.29, 1.82) is 0 Å². The molecule has 0 aromatic carbocycles. The summed E-state index contributed by atoms with van der Waals surface area (Å²) < 4.78 is 4.91. The van der Waals surface area contributed by atoms with Gasteiger partial charge in [0.2, 0.25) is 5.69 Å². The second kappa shape index (κ2) is 7.56. The van der Waals surface area contributed by atoms with Gasteiger partial charge in [0.1, 0.15) is 0 Å². The smallest absolute Gasteiger partial charge is 1.00 e. The maximum atomic E-state index is 9.18. The van der Waals surface area contributed by atoms with Crippen molar-refractivity contribution in [2.75, 3.05) is 12.4 Å². The Morgan fingerprint density at radius 3 is 2.50 bits per heavy atom. The van der Waals surface area contributed by atoms with E-state index in [0.29, 0.717) is 6.61 Å². The molecule has 1 unspecified atom stereocenters. The molecule has 0 aliphatic carbocycles. The van der Waals surface area contributed by atoms with Gasteiger partial charge in [-0.1, -0.05) is 18.3 Å². The topological polar surface area (TPSA) is 29.5 Å². The zero-order valence-electron chi connectivity index (χ0n) is 7.53. The first-order valence-corrected chi connectivity index (χ1v) is 7.00. The van der Waals surface area contributed by atoms with Gasteiger partial charge in [-0.3, -0.25) is 0 Å². The summed E-state index contributed by atoms with van der Waals surface area (Å²) >= 11 is 6.07. The average Bonchev–Trinajstić information content (AvgIpc) is 1.64. The van der Waals surface area contributed by atoms with Gasteiger partial charge in [-0.25, -0.2) is 0 Å². The summed E-state index contributed by atoms with van der Waals surface area (Å²) in [5.74, 6) is 0.813. The molecule has 0 bridgehead atoms. The van der Waals surface area contributed by atoms with E-state index in [1.54, 1.807) is 0 Å². The molecule has 0 saturated carbocycles.